The number of carboxylic acids is 2. The summed E-state index contributed by atoms with van der Waals surface area (Å²) in [7, 11) is 0. The molecule has 1 rings (SSSR count). The maximum Gasteiger partial charge on any atom is 0.327 e. The normalized spacial score (nSPS) is 13.4. The van der Waals surface area contributed by atoms with Crippen molar-refractivity contribution in [3.05, 3.63) is 35.9 Å². The zero-order valence-corrected chi connectivity index (χ0v) is 17.5. The van der Waals surface area contributed by atoms with Gasteiger partial charge in [0.2, 0.25) is 17.7 Å². The van der Waals surface area contributed by atoms with Gasteiger partial charge in [-0.15, -0.1) is 0 Å². The third kappa shape index (κ3) is 9.49. The Kier molecular flexibility index (Phi) is 11.1. The minimum Gasteiger partial charge on any atom is -0.481 e. The Balaban J connectivity index is 3.00. The molecule has 1 aromatic rings. The van der Waals surface area contributed by atoms with Crippen LogP contribution in [0, 0.1) is 0 Å². The fourth-order valence-corrected chi connectivity index (χ4v) is 2.83. The molecule has 1 aromatic carbocycles. The lowest BCUT2D eigenvalue weighted by molar-refractivity contribution is -0.142. The Hall–Kier alpha value is -3.12. The van der Waals surface area contributed by atoms with E-state index in [1.165, 1.54) is 0 Å². The molecule has 0 radical (unpaired) electrons. The lowest BCUT2D eigenvalue weighted by Gasteiger charge is -2.24. The highest BCUT2D eigenvalue weighted by Crippen LogP contribution is 2.06. The number of hydrogen-bond donors (Lipinski definition) is 7. The van der Waals surface area contributed by atoms with Crippen LogP contribution in [-0.2, 0) is 30.4 Å². The molecule has 0 saturated carbocycles. The molecule has 170 valence electrons. The highest BCUT2D eigenvalue weighted by atomic mass is 32.1. The summed E-state index contributed by atoms with van der Waals surface area (Å²) in [5, 5.41) is 25.1. The molecule has 3 atom stereocenters. The molecule has 0 aliphatic carbocycles. The predicted octanol–water partition coefficient (Wildman–Crippen LogP) is -1.48. The second-order valence-corrected chi connectivity index (χ2v) is 6.95. The highest BCUT2D eigenvalue weighted by Gasteiger charge is 2.29. The zero-order chi connectivity index (χ0) is 23.4. The largest absolute Gasteiger partial charge is 0.481 e. The van der Waals surface area contributed by atoms with Crippen LogP contribution in [0.3, 0.4) is 0 Å². The molecule has 0 saturated heterocycles. The number of nitrogens with one attached hydrogen (secondary N) is 3. The molecule has 11 nitrogen and oxygen atoms in total. The number of carbonyl (C=O) groups excluding carboxylic acids is 3. The van der Waals surface area contributed by atoms with Gasteiger partial charge in [0.05, 0.1) is 6.54 Å². The van der Waals surface area contributed by atoms with E-state index in [0.717, 1.165) is 5.56 Å². The number of hydrogen-bond acceptors (Lipinski definition) is 7. The Morgan fingerprint density at radius 3 is 2.00 bits per heavy atom. The lowest BCUT2D eigenvalue weighted by Crippen LogP contribution is -2.57. The van der Waals surface area contributed by atoms with Crippen LogP contribution in [0.25, 0.3) is 0 Å². The molecule has 0 aliphatic heterocycles. The summed E-state index contributed by atoms with van der Waals surface area (Å²) < 4.78 is 0. The number of carboxylic acid groups (broad SMARTS) is 2. The van der Waals surface area contributed by atoms with Crippen molar-refractivity contribution in [2.75, 3.05) is 12.3 Å². The molecule has 3 unspecified atom stereocenters. The van der Waals surface area contributed by atoms with Crippen molar-refractivity contribution in [2.45, 2.75) is 37.4 Å². The molecule has 12 heteroatoms. The van der Waals surface area contributed by atoms with E-state index >= 15 is 0 Å². The van der Waals surface area contributed by atoms with Crippen LogP contribution in [-0.4, -0.2) is 70.3 Å². The number of carbonyl (C=O) groups is 5. The van der Waals surface area contributed by atoms with Crippen LogP contribution < -0.4 is 21.7 Å². The first-order valence-corrected chi connectivity index (χ1v) is 10.0. The second kappa shape index (κ2) is 13.2. The summed E-state index contributed by atoms with van der Waals surface area (Å²) in [6, 6.07) is 5.03. The first kappa shape index (κ1) is 25.9. The fraction of sp³-hybridized carbons (Fsp3) is 0.421. The van der Waals surface area contributed by atoms with Crippen molar-refractivity contribution >= 4 is 42.3 Å². The van der Waals surface area contributed by atoms with Gasteiger partial charge in [0.25, 0.3) is 0 Å². The fourth-order valence-electron chi connectivity index (χ4n) is 2.58. The maximum atomic E-state index is 12.8. The summed E-state index contributed by atoms with van der Waals surface area (Å²) in [4.78, 5) is 59.2. The first-order valence-electron chi connectivity index (χ1n) is 9.37. The summed E-state index contributed by atoms with van der Waals surface area (Å²) >= 11 is 3.85. The smallest absolute Gasteiger partial charge is 0.327 e. The Labute approximate surface area is 184 Å². The molecule has 7 N–H and O–H groups in total. The predicted molar refractivity (Wildman–Crippen MR) is 113 cm³/mol. The molecule has 3 amide bonds. The Bertz CT molecular complexity index is 791. The van der Waals surface area contributed by atoms with Gasteiger partial charge in [-0.3, -0.25) is 19.2 Å². The highest BCUT2D eigenvalue weighted by molar-refractivity contribution is 7.80. The first-order chi connectivity index (χ1) is 14.7. The summed E-state index contributed by atoms with van der Waals surface area (Å²) in [6.45, 7) is -0.357. The molecular weight excluding hydrogens is 428 g/mol. The quantitative estimate of drug-likeness (QED) is 0.176. The number of thiol groups is 1. The van der Waals surface area contributed by atoms with Crippen molar-refractivity contribution < 1.29 is 34.2 Å². The third-order valence-electron chi connectivity index (χ3n) is 4.20. The SMILES string of the molecule is NCC(=O)NC(Cc1ccccc1)C(=O)NC(CCC(=O)O)C(=O)NC(CS)C(=O)O. The summed E-state index contributed by atoms with van der Waals surface area (Å²) in [5.74, 6) is -4.95. The number of amides is 3. The van der Waals surface area contributed by atoms with Gasteiger partial charge in [-0.05, 0) is 12.0 Å². The number of aliphatic carboxylic acids is 2. The van der Waals surface area contributed by atoms with E-state index in [4.69, 9.17) is 15.9 Å². The summed E-state index contributed by atoms with van der Waals surface area (Å²) in [6.07, 6.45) is -0.635. The van der Waals surface area contributed by atoms with Gasteiger partial charge in [-0.25, -0.2) is 4.79 Å². The van der Waals surface area contributed by atoms with Gasteiger partial charge >= 0.3 is 11.9 Å². The third-order valence-corrected chi connectivity index (χ3v) is 4.56. The molecule has 0 fully saturated rings. The van der Waals surface area contributed by atoms with Crippen molar-refractivity contribution in [3.8, 4) is 0 Å². The minimum absolute atomic E-state index is 0.0973. The standard InChI is InChI=1S/C19H26N4O7S/c20-9-15(24)21-13(8-11-4-2-1-3-5-11)18(28)22-12(6-7-16(25)26)17(27)23-14(10-31)19(29)30/h1-5,12-14,31H,6-10,20H2,(H,21,24)(H,22,28)(H,23,27)(H,25,26)(H,29,30). The van der Waals surface area contributed by atoms with Crippen LogP contribution in [0.15, 0.2) is 30.3 Å². The van der Waals surface area contributed by atoms with Crippen LogP contribution in [0.5, 0.6) is 0 Å². The number of benzene rings is 1. The number of nitrogens with two attached hydrogens (primary N) is 1. The van der Waals surface area contributed by atoms with Crippen molar-refractivity contribution in [1.29, 1.82) is 0 Å². The second-order valence-electron chi connectivity index (χ2n) is 6.59. The van der Waals surface area contributed by atoms with Crippen LogP contribution in [0.1, 0.15) is 18.4 Å². The Morgan fingerprint density at radius 2 is 1.48 bits per heavy atom. The van der Waals surface area contributed by atoms with E-state index in [0.29, 0.717) is 0 Å². The van der Waals surface area contributed by atoms with Crippen molar-refractivity contribution in [2.24, 2.45) is 5.73 Å². The van der Waals surface area contributed by atoms with E-state index in [1.807, 2.05) is 0 Å². The van der Waals surface area contributed by atoms with Crippen molar-refractivity contribution in [1.82, 2.24) is 16.0 Å². The van der Waals surface area contributed by atoms with Gasteiger partial charge in [0, 0.05) is 18.6 Å². The van der Waals surface area contributed by atoms with Gasteiger partial charge in [-0.2, -0.15) is 12.6 Å². The molecule has 0 spiro atoms. The van der Waals surface area contributed by atoms with Gasteiger partial charge in [-0.1, -0.05) is 30.3 Å². The maximum absolute atomic E-state index is 12.8. The molecule has 0 aromatic heterocycles. The molecule has 0 aliphatic rings. The Morgan fingerprint density at radius 1 is 0.903 bits per heavy atom. The number of rotatable bonds is 13. The molecule has 0 heterocycles. The average Bonchev–Trinajstić information content (AvgIpc) is 2.74. The molecular formula is C19H26N4O7S. The van der Waals surface area contributed by atoms with Gasteiger partial charge < -0.3 is 31.9 Å². The average molecular weight is 455 g/mol. The lowest BCUT2D eigenvalue weighted by atomic mass is 10.0. The van der Waals surface area contributed by atoms with Gasteiger partial charge in [0.1, 0.15) is 18.1 Å². The van der Waals surface area contributed by atoms with E-state index in [1.54, 1.807) is 30.3 Å². The minimum atomic E-state index is -1.33. The van der Waals surface area contributed by atoms with E-state index in [9.17, 15) is 24.0 Å². The summed E-state index contributed by atoms with van der Waals surface area (Å²) in [5.41, 5.74) is 6.04. The van der Waals surface area contributed by atoms with E-state index in [2.05, 4.69) is 28.6 Å². The van der Waals surface area contributed by atoms with Crippen LogP contribution >= 0.6 is 12.6 Å². The van der Waals surface area contributed by atoms with E-state index < -0.39 is 54.2 Å². The molecule has 31 heavy (non-hydrogen) atoms. The molecule has 0 bridgehead atoms. The van der Waals surface area contributed by atoms with Crippen molar-refractivity contribution in [3.63, 3.8) is 0 Å². The van der Waals surface area contributed by atoms with Crippen LogP contribution in [0.2, 0.25) is 0 Å². The topological polar surface area (TPSA) is 188 Å². The van der Waals surface area contributed by atoms with Crippen LogP contribution in [0.4, 0.5) is 0 Å². The van der Waals surface area contributed by atoms with E-state index in [-0.39, 0.29) is 25.1 Å². The zero-order valence-electron chi connectivity index (χ0n) is 16.6. The van der Waals surface area contributed by atoms with Gasteiger partial charge in [0.15, 0.2) is 0 Å². The monoisotopic (exact) mass is 454 g/mol.